The van der Waals surface area contributed by atoms with Gasteiger partial charge in [0.25, 0.3) is 0 Å². The molecule has 0 unspecified atom stereocenters. The van der Waals surface area contributed by atoms with E-state index < -0.39 is 18.3 Å². The van der Waals surface area contributed by atoms with Crippen LogP contribution >= 0.6 is 0 Å². The van der Waals surface area contributed by atoms with Gasteiger partial charge < -0.3 is 10.0 Å². The fourth-order valence-corrected chi connectivity index (χ4v) is 1.89. The van der Waals surface area contributed by atoms with Gasteiger partial charge in [-0.05, 0) is 12.8 Å². The summed E-state index contributed by atoms with van der Waals surface area (Å²) in [5.74, 6) is 0.433. The third kappa shape index (κ3) is 1.87. The number of hydrogen-bond donors (Lipinski definition) is 2. The molecule has 0 spiro atoms. The lowest BCUT2D eigenvalue weighted by Crippen LogP contribution is -2.57. The fraction of sp³-hybridized carbons (Fsp3) is 0.667. The lowest BCUT2D eigenvalue weighted by molar-refractivity contribution is -0.261. The first kappa shape index (κ1) is 11.3. The summed E-state index contributed by atoms with van der Waals surface area (Å²) in [5, 5.41) is 15.9. The molecule has 0 saturated carbocycles. The van der Waals surface area contributed by atoms with Crippen molar-refractivity contribution in [3.8, 4) is 0 Å². The Kier molecular flexibility index (Phi) is 2.57. The molecule has 0 aromatic carbocycles. The number of rotatable bonds is 1. The van der Waals surface area contributed by atoms with Gasteiger partial charge in [-0.2, -0.15) is 18.3 Å². The van der Waals surface area contributed by atoms with Gasteiger partial charge >= 0.3 is 6.18 Å². The molecule has 16 heavy (non-hydrogen) atoms. The zero-order valence-corrected chi connectivity index (χ0v) is 8.46. The van der Waals surface area contributed by atoms with E-state index >= 15 is 0 Å². The largest absolute Gasteiger partial charge is 0.418 e. The molecule has 1 saturated heterocycles. The molecule has 1 aliphatic rings. The number of halogens is 3. The number of hydrogen-bond acceptors (Lipinski definition) is 3. The van der Waals surface area contributed by atoms with Crippen LogP contribution in [0.5, 0.6) is 0 Å². The Bertz CT molecular complexity index is 351. The monoisotopic (exact) mass is 235 g/mol. The van der Waals surface area contributed by atoms with Crippen molar-refractivity contribution in [3.05, 3.63) is 12.3 Å². The van der Waals surface area contributed by atoms with Gasteiger partial charge in [-0.3, -0.25) is 5.10 Å². The highest BCUT2D eigenvalue weighted by atomic mass is 19.4. The molecule has 2 N–H and O–H groups in total. The smallest absolute Gasteiger partial charge is 0.379 e. The summed E-state index contributed by atoms with van der Waals surface area (Å²) in [7, 11) is 0. The first-order valence-corrected chi connectivity index (χ1v) is 4.96. The second-order valence-corrected chi connectivity index (χ2v) is 3.99. The molecule has 4 nitrogen and oxygen atoms in total. The summed E-state index contributed by atoms with van der Waals surface area (Å²) in [5.41, 5.74) is -2.62. The summed E-state index contributed by atoms with van der Waals surface area (Å²) in [4.78, 5) is 1.44. The maximum Gasteiger partial charge on any atom is 0.418 e. The van der Waals surface area contributed by atoms with Crippen LogP contribution in [-0.2, 0) is 0 Å². The highest BCUT2D eigenvalue weighted by molar-refractivity contribution is 5.38. The Morgan fingerprint density at radius 1 is 1.50 bits per heavy atom. The van der Waals surface area contributed by atoms with Crippen molar-refractivity contribution in [2.24, 2.45) is 0 Å². The number of β-amino-alcohol motifs (C(OH)–C–C–N with tert-alkyl or cyclic N) is 1. The van der Waals surface area contributed by atoms with Gasteiger partial charge in [0.15, 0.2) is 5.60 Å². The number of nitrogens with zero attached hydrogens (tertiary/aromatic N) is 2. The van der Waals surface area contributed by atoms with Gasteiger partial charge in [-0.1, -0.05) is 0 Å². The van der Waals surface area contributed by atoms with Crippen molar-refractivity contribution in [3.63, 3.8) is 0 Å². The van der Waals surface area contributed by atoms with E-state index in [2.05, 4.69) is 10.2 Å². The molecule has 1 aromatic heterocycles. The molecule has 0 radical (unpaired) electrons. The second-order valence-electron chi connectivity index (χ2n) is 3.99. The van der Waals surface area contributed by atoms with Gasteiger partial charge in [0.05, 0.1) is 6.54 Å². The number of nitrogens with one attached hydrogen (secondary N) is 1. The van der Waals surface area contributed by atoms with E-state index in [9.17, 15) is 18.3 Å². The second kappa shape index (κ2) is 3.65. The van der Waals surface area contributed by atoms with E-state index in [1.54, 1.807) is 6.07 Å². The molecule has 1 aromatic rings. The highest BCUT2D eigenvalue weighted by Gasteiger charge is 2.55. The lowest BCUT2D eigenvalue weighted by Gasteiger charge is -2.40. The van der Waals surface area contributed by atoms with Crippen molar-refractivity contribution >= 4 is 5.82 Å². The maximum atomic E-state index is 12.6. The van der Waals surface area contributed by atoms with Crippen molar-refractivity contribution in [1.82, 2.24) is 10.2 Å². The third-order valence-corrected chi connectivity index (χ3v) is 2.81. The van der Waals surface area contributed by atoms with Crippen LogP contribution in [0.2, 0.25) is 0 Å². The van der Waals surface area contributed by atoms with E-state index in [0.29, 0.717) is 18.8 Å². The molecule has 1 fully saturated rings. The van der Waals surface area contributed by atoms with Crippen LogP contribution in [-0.4, -0.2) is 40.2 Å². The zero-order valence-electron chi connectivity index (χ0n) is 8.46. The quantitative estimate of drug-likeness (QED) is 0.771. The predicted octanol–water partition coefficient (Wildman–Crippen LogP) is 1.30. The zero-order chi connectivity index (χ0) is 11.8. The molecular formula is C9H12F3N3O. The SMILES string of the molecule is O[C@@]1(C(F)(F)F)CCCN(c2cc[nH]n2)C1. The minimum absolute atomic E-state index is 0.253. The Balaban J connectivity index is 2.16. The average Bonchev–Trinajstić information content (AvgIpc) is 2.68. The topological polar surface area (TPSA) is 52.1 Å². The van der Waals surface area contributed by atoms with Crippen molar-refractivity contribution in [2.45, 2.75) is 24.6 Å². The number of H-pyrrole nitrogens is 1. The van der Waals surface area contributed by atoms with Gasteiger partial charge in [0.2, 0.25) is 0 Å². The van der Waals surface area contributed by atoms with Gasteiger partial charge in [-0.15, -0.1) is 0 Å². The summed E-state index contributed by atoms with van der Waals surface area (Å²) >= 11 is 0. The maximum absolute atomic E-state index is 12.6. The fourth-order valence-electron chi connectivity index (χ4n) is 1.89. The van der Waals surface area contributed by atoms with Crippen molar-refractivity contribution in [1.29, 1.82) is 0 Å². The normalized spacial score (nSPS) is 27.1. The summed E-state index contributed by atoms with van der Waals surface area (Å²) < 4.78 is 37.9. The summed E-state index contributed by atoms with van der Waals surface area (Å²) in [6.07, 6.45) is -3.02. The molecule has 0 bridgehead atoms. The van der Waals surface area contributed by atoms with Gasteiger partial charge in [0.1, 0.15) is 5.82 Å². The van der Waals surface area contributed by atoms with E-state index in [-0.39, 0.29) is 6.42 Å². The van der Waals surface area contributed by atoms with E-state index in [1.807, 2.05) is 0 Å². The predicted molar refractivity (Wildman–Crippen MR) is 51.0 cm³/mol. The molecule has 1 aliphatic heterocycles. The Labute approximate surface area is 90.1 Å². The van der Waals surface area contributed by atoms with Crippen LogP contribution in [0.4, 0.5) is 19.0 Å². The Hall–Kier alpha value is -1.24. The first-order valence-electron chi connectivity index (χ1n) is 4.96. The average molecular weight is 235 g/mol. The number of alkyl halides is 3. The molecule has 90 valence electrons. The minimum Gasteiger partial charge on any atom is -0.379 e. The van der Waals surface area contributed by atoms with Gasteiger partial charge in [0, 0.05) is 18.8 Å². The molecule has 0 amide bonds. The molecule has 2 rings (SSSR count). The van der Waals surface area contributed by atoms with Crippen LogP contribution in [0.1, 0.15) is 12.8 Å². The van der Waals surface area contributed by atoms with Crippen molar-refractivity contribution < 1.29 is 18.3 Å². The first-order chi connectivity index (χ1) is 7.42. The van der Waals surface area contributed by atoms with E-state index in [1.165, 1.54) is 11.1 Å². The standard InChI is InChI=1S/C9H12F3N3O/c10-9(11,12)8(16)3-1-5-15(6-8)7-2-4-13-14-7/h2,4,16H,1,3,5-6H2,(H,13,14)/t8-/m0/s1. The number of aromatic nitrogens is 2. The Morgan fingerprint density at radius 3 is 2.81 bits per heavy atom. The highest BCUT2D eigenvalue weighted by Crippen LogP contribution is 2.37. The van der Waals surface area contributed by atoms with E-state index in [0.717, 1.165) is 0 Å². The molecule has 2 heterocycles. The van der Waals surface area contributed by atoms with Crippen LogP contribution in [0.25, 0.3) is 0 Å². The van der Waals surface area contributed by atoms with Crippen LogP contribution in [0.15, 0.2) is 12.3 Å². The number of aromatic amines is 1. The van der Waals surface area contributed by atoms with Gasteiger partial charge in [-0.25, -0.2) is 0 Å². The summed E-state index contributed by atoms with van der Waals surface area (Å²) in [6, 6.07) is 1.59. The third-order valence-electron chi connectivity index (χ3n) is 2.81. The Morgan fingerprint density at radius 2 is 2.25 bits per heavy atom. The minimum atomic E-state index is -4.60. The lowest BCUT2D eigenvalue weighted by atomic mass is 9.92. The molecule has 1 atom stereocenters. The molecule has 7 heteroatoms. The number of anilines is 1. The van der Waals surface area contributed by atoms with Crippen LogP contribution < -0.4 is 4.90 Å². The van der Waals surface area contributed by atoms with Crippen LogP contribution in [0.3, 0.4) is 0 Å². The molecule has 0 aliphatic carbocycles. The van der Waals surface area contributed by atoms with Crippen LogP contribution in [0, 0.1) is 0 Å². The molecular weight excluding hydrogens is 223 g/mol. The summed E-state index contributed by atoms with van der Waals surface area (Å²) in [6.45, 7) is 0.0184. The van der Waals surface area contributed by atoms with E-state index in [4.69, 9.17) is 0 Å². The van der Waals surface area contributed by atoms with Crippen molar-refractivity contribution in [2.75, 3.05) is 18.0 Å². The number of aliphatic hydroxyl groups is 1. The number of piperidine rings is 1.